The number of aryl methyl sites for hydroxylation is 2. The molecule has 0 spiro atoms. The fraction of sp³-hybridized carbons (Fsp3) is 0.538. The summed E-state index contributed by atoms with van der Waals surface area (Å²) in [5.74, 6) is -1.24. The van der Waals surface area contributed by atoms with Crippen molar-refractivity contribution in [3.8, 4) is 0 Å². The quantitative estimate of drug-likeness (QED) is 0.285. The Morgan fingerprint density at radius 1 is 0.709 bits per heavy atom. The Hall–Kier alpha value is -4.70. The van der Waals surface area contributed by atoms with Gasteiger partial charge in [0.15, 0.2) is 12.1 Å². The highest BCUT2D eigenvalue weighted by molar-refractivity contribution is 7.12. The third-order valence-corrected chi connectivity index (χ3v) is 12.5. The van der Waals surface area contributed by atoms with Gasteiger partial charge in [-0.1, -0.05) is 64.4 Å². The lowest BCUT2D eigenvalue weighted by atomic mass is 9.98. The van der Waals surface area contributed by atoms with Gasteiger partial charge in [0.05, 0.1) is 12.1 Å². The Bertz CT molecular complexity index is 1990. The molecular formula is C39H50N8O6S2. The van der Waals surface area contributed by atoms with Gasteiger partial charge in [-0.2, -0.15) is 0 Å². The summed E-state index contributed by atoms with van der Waals surface area (Å²) >= 11 is 2.65. The lowest BCUT2D eigenvalue weighted by Crippen LogP contribution is -2.46. The topological polar surface area (TPSA) is 185 Å². The SMILES string of the molecule is CC[C@H](C)[C@@H]1NC(=O)c2nc(sc2C)[C@@H](C)NC(=O)C2N=C(O[C@@H]2C)[C@H](C(C)C)NC(=O)c2nc(sc2C)[C@@H](Cc2ccccc2)NC(=O)C2N=C1O[C@@H]2C. The van der Waals surface area contributed by atoms with E-state index >= 15 is 0 Å². The minimum Gasteiger partial charge on any atom is -0.474 e. The molecule has 0 fully saturated rings. The predicted molar refractivity (Wildman–Crippen MR) is 212 cm³/mol. The molecule has 4 amide bonds. The molecule has 2 aromatic heterocycles. The van der Waals surface area contributed by atoms with Crippen LogP contribution < -0.4 is 21.3 Å². The van der Waals surface area contributed by atoms with Crippen molar-refractivity contribution >= 4 is 58.1 Å². The van der Waals surface area contributed by atoms with Gasteiger partial charge < -0.3 is 30.7 Å². The summed E-state index contributed by atoms with van der Waals surface area (Å²) in [4.78, 5) is 75.7. The Labute approximate surface area is 329 Å². The van der Waals surface area contributed by atoms with Crippen LogP contribution in [0.1, 0.15) is 113 Å². The molecule has 55 heavy (non-hydrogen) atoms. The molecule has 0 saturated heterocycles. The molecule has 0 saturated carbocycles. The second kappa shape index (κ2) is 16.6. The van der Waals surface area contributed by atoms with Crippen LogP contribution in [0.25, 0.3) is 0 Å². The molecule has 9 atom stereocenters. The summed E-state index contributed by atoms with van der Waals surface area (Å²) in [6.45, 7) is 16.8. The van der Waals surface area contributed by atoms with E-state index in [0.29, 0.717) is 32.6 Å². The van der Waals surface area contributed by atoms with Crippen molar-refractivity contribution in [3.63, 3.8) is 0 Å². The molecule has 0 aliphatic carbocycles. The van der Waals surface area contributed by atoms with E-state index in [9.17, 15) is 19.2 Å². The van der Waals surface area contributed by atoms with Gasteiger partial charge >= 0.3 is 0 Å². The van der Waals surface area contributed by atoms with Gasteiger partial charge in [-0.05, 0) is 58.4 Å². The van der Waals surface area contributed by atoms with Crippen LogP contribution in [-0.4, -0.2) is 81.8 Å². The molecule has 6 rings (SSSR count). The molecule has 3 aliphatic heterocycles. The zero-order valence-corrected chi connectivity index (χ0v) is 34.3. The summed E-state index contributed by atoms with van der Waals surface area (Å²) in [6.07, 6.45) is -0.0890. The van der Waals surface area contributed by atoms with Crippen LogP contribution in [0.5, 0.6) is 0 Å². The minimum atomic E-state index is -0.895. The summed E-state index contributed by atoms with van der Waals surface area (Å²) in [5, 5.41) is 13.4. The van der Waals surface area contributed by atoms with E-state index in [-0.39, 0.29) is 46.8 Å². The molecule has 14 nitrogen and oxygen atoms in total. The Morgan fingerprint density at radius 2 is 1.22 bits per heavy atom. The third kappa shape index (κ3) is 8.59. The highest BCUT2D eigenvalue weighted by atomic mass is 32.1. The molecule has 3 aromatic rings. The number of nitrogens with one attached hydrogen (secondary N) is 4. The molecule has 5 heterocycles. The zero-order valence-electron chi connectivity index (χ0n) is 32.6. The maximum Gasteiger partial charge on any atom is 0.271 e. The zero-order chi connectivity index (χ0) is 39.7. The number of ether oxygens (including phenoxy) is 2. The Morgan fingerprint density at radius 3 is 1.78 bits per heavy atom. The van der Waals surface area contributed by atoms with E-state index < -0.39 is 60.3 Å². The monoisotopic (exact) mass is 790 g/mol. The number of aromatic nitrogens is 2. The standard InChI is InChI=1S/C39H50N8O6S2/c1-10-18(4)27-37-45-29(21(7)53-37)33(49)41-25(16-24-14-12-11-13-15-24)39-47-31(23(9)55-39)34(50)42-26(17(2)3)36-44-28(20(6)52-36)32(48)40-19(5)38-46-30(22(8)54-38)35(51)43-27/h11-15,17-21,25-29H,10,16H2,1-9H3,(H,40,48)(H,41,49)(H,42,50)(H,43,51)/t18-,19+,20+,21+,25+,26-,27-,28?,29?/m0/s1. The van der Waals surface area contributed by atoms with Gasteiger partial charge in [0.1, 0.15) is 45.7 Å². The smallest absolute Gasteiger partial charge is 0.271 e. The molecule has 1 aromatic carbocycles. The number of thiazole rings is 2. The highest BCUT2D eigenvalue weighted by Gasteiger charge is 2.41. The molecular weight excluding hydrogens is 741 g/mol. The van der Waals surface area contributed by atoms with Gasteiger partial charge in [-0.15, -0.1) is 22.7 Å². The summed E-state index contributed by atoms with van der Waals surface area (Å²) in [6, 6.07) is 5.58. The summed E-state index contributed by atoms with van der Waals surface area (Å²) in [7, 11) is 0. The van der Waals surface area contributed by atoms with E-state index in [1.807, 2.05) is 71.9 Å². The van der Waals surface area contributed by atoms with Crippen LogP contribution in [0.2, 0.25) is 0 Å². The molecule has 4 N–H and O–H groups in total. The fourth-order valence-electron chi connectivity index (χ4n) is 6.78. The van der Waals surface area contributed by atoms with Gasteiger partial charge in [-0.3, -0.25) is 19.2 Å². The van der Waals surface area contributed by atoms with Crippen LogP contribution in [-0.2, 0) is 25.5 Å². The lowest BCUT2D eigenvalue weighted by molar-refractivity contribution is -0.125. The minimum absolute atomic E-state index is 0.0862. The normalized spacial score (nSPS) is 28.1. The van der Waals surface area contributed by atoms with Crippen molar-refractivity contribution in [2.75, 3.05) is 0 Å². The van der Waals surface area contributed by atoms with Crippen molar-refractivity contribution in [1.29, 1.82) is 0 Å². The van der Waals surface area contributed by atoms with E-state index in [1.165, 1.54) is 22.7 Å². The maximum atomic E-state index is 14.1. The lowest BCUT2D eigenvalue weighted by Gasteiger charge is -2.24. The second-order valence-corrected chi connectivity index (χ2v) is 17.4. The van der Waals surface area contributed by atoms with Crippen molar-refractivity contribution < 1.29 is 28.7 Å². The van der Waals surface area contributed by atoms with Gasteiger partial charge in [0.25, 0.3) is 11.8 Å². The van der Waals surface area contributed by atoms with Crippen molar-refractivity contribution in [2.45, 2.75) is 124 Å². The van der Waals surface area contributed by atoms with Crippen molar-refractivity contribution in [2.24, 2.45) is 21.8 Å². The average Bonchev–Trinajstić information content (AvgIpc) is 3.93. The largest absolute Gasteiger partial charge is 0.474 e. The first-order chi connectivity index (χ1) is 26.1. The number of carbonyl (C=O) groups is 4. The number of benzene rings is 1. The molecule has 0 radical (unpaired) electrons. The van der Waals surface area contributed by atoms with Crippen LogP contribution in [0, 0.1) is 25.7 Å². The third-order valence-electron chi connectivity index (χ3n) is 10.2. The van der Waals surface area contributed by atoms with Gasteiger partial charge in [0, 0.05) is 9.75 Å². The van der Waals surface area contributed by atoms with Crippen LogP contribution >= 0.6 is 22.7 Å². The fourth-order valence-corrected chi connectivity index (χ4v) is 8.67. The highest BCUT2D eigenvalue weighted by Crippen LogP contribution is 2.30. The first kappa shape index (κ1) is 40.0. The number of fused-ring (bicyclic) bond motifs is 6. The summed E-state index contributed by atoms with van der Waals surface area (Å²) in [5.41, 5.74) is 1.43. The summed E-state index contributed by atoms with van der Waals surface area (Å²) < 4.78 is 12.3. The van der Waals surface area contributed by atoms with E-state index in [0.717, 1.165) is 5.56 Å². The van der Waals surface area contributed by atoms with Crippen molar-refractivity contribution in [3.05, 3.63) is 67.1 Å². The van der Waals surface area contributed by atoms with Crippen molar-refractivity contribution in [1.82, 2.24) is 31.2 Å². The van der Waals surface area contributed by atoms with Gasteiger partial charge in [0.2, 0.25) is 23.6 Å². The maximum absolute atomic E-state index is 14.1. The molecule has 294 valence electrons. The molecule has 2 unspecified atom stereocenters. The van der Waals surface area contributed by atoms with E-state index in [2.05, 4.69) is 31.2 Å². The number of amides is 4. The van der Waals surface area contributed by atoms with E-state index in [1.54, 1.807) is 20.8 Å². The molecule has 8 bridgehead atoms. The number of rotatable bonds is 5. The number of hydrogen-bond donors (Lipinski definition) is 4. The van der Waals surface area contributed by atoms with Crippen LogP contribution in [0.15, 0.2) is 40.3 Å². The first-order valence-corrected chi connectivity index (χ1v) is 20.5. The number of aliphatic imine (C=N–C) groups is 2. The molecule has 3 aliphatic rings. The molecule has 16 heteroatoms. The van der Waals surface area contributed by atoms with E-state index in [4.69, 9.17) is 19.5 Å². The predicted octanol–water partition coefficient (Wildman–Crippen LogP) is 4.78. The number of hydrogen-bond acceptors (Lipinski definition) is 12. The Kier molecular flexibility index (Phi) is 12.0. The van der Waals surface area contributed by atoms with Crippen LogP contribution in [0.4, 0.5) is 0 Å². The van der Waals surface area contributed by atoms with Gasteiger partial charge in [-0.25, -0.2) is 20.0 Å². The van der Waals surface area contributed by atoms with Crippen LogP contribution in [0.3, 0.4) is 0 Å². The second-order valence-electron chi connectivity index (χ2n) is 14.9. The number of nitrogens with zero attached hydrogens (tertiary/aromatic N) is 4. The Balaban J connectivity index is 1.40. The average molecular weight is 791 g/mol. The first-order valence-electron chi connectivity index (χ1n) is 18.8. The number of carbonyl (C=O) groups excluding carboxylic acids is 4.